The zero-order chi connectivity index (χ0) is 17.4. The van der Waals surface area contributed by atoms with Crippen molar-refractivity contribution in [1.29, 1.82) is 0 Å². The Morgan fingerprint density at radius 3 is 1.21 bits per heavy atom. The molecule has 0 spiro atoms. The molecule has 0 heterocycles. The van der Waals surface area contributed by atoms with Crippen molar-refractivity contribution in [3.63, 3.8) is 0 Å². The van der Waals surface area contributed by atoms with E-state index in [0.29, 0.717) is 25.0 Å². The van der Waals surface area contributed by atoms with Crippen molar-refractivity contribution >= 4 is 0 Å². The van der Waals surface area contributed by atoms with Gasteiger partial charge in [0.15, 0.2) is 0 Å². The Labute approximate surface area is 146 Å². The SMILES string of the molecule is CC(C)Cc1ccc(OCCOc2ccc(CC(C)C)cc2)cc1. The molecular formula is C22H30O2. The molecule has 2 heteroatoms. The normalized spacial score (nSPS) is 11.1. The van der Waals surface area contributed by atoms with Gasteiger partial charge in [0, 0.05) is 0 Å². The molecule has 24 heavy (non-hydrogen) atoms. The van der Waals surface area contributed by atoms with Crippen molar-refractivity contribution in [3.8, 4) is 11.5 Å². The van der Waals surface area contributed by atoms with Crippen molar-refractivity contribution in [2.24, 2.45) is 11.8 Å². The Hall–Kier alpha value is -1.96. The van der Waals surface area contributed by atoms with Crippen LogP contribution in [0, 0.1) is 11.8 Å². The molecule has 0 aromatic heterocycles. The van der Waals surface area contributed by atoms with E-state index in [2.05, 4.69) is 52.0 Å². The zero-order valence-corrected chi connectivity index (χ0v) is 15.4. The second-order valence-electron chi connectivity index (χ2n) is 7.18. The maximum absolute atomic E-state index is 5.74. The van der Waals surface area contributed by atoms with Crippen LogP contribution in [0.2, 0.25) is 0 Å². The van der Waals surface area contributed by atoms with Gasteiger partial charge in [-0.25, -0.2) is 0 Å². The van der Waals surface area contributed by atoms with Gasteiger partial charge in [-0.15, -0.1) is 0 Å². The minimum Gasteiger partial charge on any atom is -0.490 e. The van der Waals surface area contributed by atoms with Crippen molar-refractivity contribution in [3.05, 3.63) is 59.7 Å². The molecule has 0 aliphatic carbocycles. The average Bonchev–Trinajstić information content (AvgIpc) is 2.53. The molecule has 2 aromatic rings. The van der Waals surface area contributed by atoms with Crippen LogP contribution < -0.4 is 9.47 Å². The molecule has 0 N–H and O–H groups in total. The van der Waals surface area contributed by atoms with Gasteiger partial charge in [-0.1, -0.05) is 52.0 Å². The third-order valence-corrected chi connectivity index (χ3v) is 3.76. The fraction of sp³-hybridized carbons (Fsp3) is 0.455. The van der Waals surface area contributed by atoms with Crippen molar-refractivity contribution in [1.82, 2.24) is 0 Å². The third kappa shape index (κ3) is 6.66. The molecular weight excluding hydrogens is 296 g/mol. The van der Waals surface area contributed by atoms with Gasteiger partial charge < -0.3 is 9.47 Å². The molecule has 0 fully saturated rings. The van der Waals surface area contributed by atoms with E-state index in [4.69, 9.17) is 9.47 Å². The lowest BCUT2D eigenvalue weighted by atomic mass is 10.0. The maximum atomic E-state index is 5.74. The van der Waals surface area contributed by atoms with E-state index < -0.39 is 0 Å². The van der Waals surface area contributed by atoms with Gasteiger partial charge in [0.25, 0.3) is 0 Å². The summed E-state index contributed by atoms with van der Waals surface area (Å²) < 4.78 is 11.5. The molecule has 0 aliphatic rings. The minimum absolute atomic E-state index is 0.553. The molecule has 2 nitrogen and oxygen atoms in total. The van der Waals surface area contributed by atoms with E-state index in [1.807, 2.05) is 24.3 Å². The fourth-order valence-electron chi connectivity index (χ4n) is 2.71. The number of ether oxygens (including phenoxy) is 2. The summed E-state index contributed by atoms with van der Waals surface area (Å²) in [6.07, 6.45) is 2.21. The number of hydrogen-bond donors (Lipinski definition) is 0. The highest BCUT2D eigenvalue weighted by Crippen LogP contribution is 2.16. The first-order valence-electron chi connectivity index (χ1n) is 8.96. The standard InChI is InChI=1S/C22H30O2/c1-17(2)15-19-5-9-21(10-6-19)23-13-14-24-22-11-7-20(8-12-22)16-18(3)4/h5-12,17-18H,13-16H2,1-4H3. The first-order valence-corrected chi connectivity index (χ1v) is 8.96. The first kappa shape index (κ1) is 18.4. The van der Waals surface area contributed by atoms with Crippen LogP contribution in [-0.2, 0) is 12.8 Å². The van der Waals surface area contributed by atoms with Crippen LogP contribution in [-0.4, -0.2) is 13.2 Å². The van der Waals surface area contributed by atoms with Gasteiger partial charge in [-0.05, 0) is 60.1 Å². The van der Waals surface area contributed by atoms with E-state index >= 15 is 0 Å². The predicted octanol–water partition coefficient (Wildman–Crippen LogP) is 5.54. The van der Waals surface area contributed by atoms with Crippen LogP contribution in [0.3, 0.4) is 0 Å². The Morgan fingerprint density at radius 2 is 0.917 bits per heavy atom. The van der Waals surface area contributed by atoms with Crippen LogP contribution in [0.1, 0.15) is 38.8 Å². The molecule has 0 saturated carbocycles. The van der Waals surface area contributed by atoms with E-state index in [-0.39, 0.29) is 0 Å². The van der Waals surface area contributed by atoms with E-state index in [9.17, 15) is 0 Å². The maximum Gasteiger partial charge on any atom is 0.122 e. The van der Waals surface area contributed by atoms with E-state index in [0.717, 1.165) is 24.3 Å². The molecule has 130 valence electrons. The molecule has 0 aliphatic heterocycles. The molecule has 0 radical (unpaired) electrons. The Bertz CT molecular complexity index is 527. The summed E-state index contributed by atoms with van der Waals surface area (Å²) in [7, 11) is 0. The summed E-state index contributed by atoms with van der Waals surface area (Å²) in [5.74, 6) is 3.16. The van der Waals surface area contributed by atoms with Crippen LogP contribution in [0.15, 0.2) is 48.5 Å². The lowest BCUT2D eigenvalue weighted by Gasteiger charge is -2.10. The highest BCUT2D eigenvalue weighted by atomic mass is 16.5. The van der Waals surface area contributed by atoms with Crippen LogP contribution in [0.25, 0.3) is 0 Å². The average molecular weight is 326 g/mol. The molecule has 0 bridgehead atoms. The van der Waals surface area contributed by atoms with E-state index in [1.165, 1.54) is 11.1 Å². The monoisotopic (exact) mass is 326 g/mol. The fourth-order valence-corrected chi connectivity index (χ4v) is 2.71. The van der Waals surface area contributed by atoms with Gasteiger partial charge in [-0.2, -0.15) is 0 Å². The van der Waals surface area contributed by atoms with E-state index in [1.54, 1.807) is 0 Å². The summed E-state index contributed by atoms with van der Waals surface area (Å²) in [4.78, 5) is 0. The second-order valence-corrected chi connectivity index (χ2v) is 7.18. The Kier molecular flexibility index (Phi) is 7.17. The van der Waals surface area contributed by atoms with Gasteiger partial charge in [0.2, 0.25) is 0 Å². The van der Waals surface area contributed by atoms with Gasteiger partial charge >= 0.3 is 0 Å². The molecule has 0 saturated heterocycles. The van der Waals surface area contributed by atoms with Crippen molar-refractivity contribution in [2.45, 2.75) is 40.5 Å². The zero-order valence-electron chi connectivity index (χ0n) is 15.4. The van der Waals surface area contributed by atoms with Gasteiger partial charge in [0.1, 0.15) is 24.7 Å². The minimum atomic E-state index is 0.553. The van der Waals surface area contributed by atoms with Crippen molar-refractivity contribution < 1.29 is 9.47 Å². The van der Waals surface area contributed by atoms with Crippen LogP contribution in [0.5, 0.6) is 11.5 Å². The summed E-state index contributed by atoms with van der Waals surface area (Å²) in [6, 6.07) is 16.7. The van der Waals surface area contributed by atoms with Crippen LogP contribution >= 0.6 is 0 Å². The summed E-state index contributed by atoms with van der Waals surface area (Å²) >= 11 is 0. The lowest BCUT2D eigenvalue weighted by Crippen LogP contribution is -2.09. The molecule has 2 aromatic carbocycles. The summed E-state index contributed by atoms with van der Waals surface area (Å²) in [6.45, 7) is 10.0. The number of benzene rings is 2. The third-order valence-electron chi connectivity index (χ3n) is 3.76. The second kappa shape index (κ2) is 9.36. The van der Waals surface area contributed by atoms with Crippen molar-refractivity contribution in [2.75, 3.05) is 13.2 Å². The Morgan fingerprint density at radius 1 is 0.583 bits per heavy atom. The topological polar surface area (TPSA) is 18.5 Å². The molecule has 2 rings (SSSR count). The van der Waals surface area contributed by atoms with Crippen LogP contribution in [0.4, 0.5) is 0 Å². The summed E-state index contributed by atoms with van der Waals surface area (Å²) in [5, 5.41) is 0. The quantitative estimate of drug-likeness (QED) is 0.563. The smallest absolute Gasteiger partial charge is 0.122 e. The van der Waals surface area contributed by atoms with Gasteiger partial charge in [0.05, 0.1) is 0 Å². The lowest BCUT2D eigenvalue weighted by molar-refractivity contribution is 0.217. The molecule has 0 unspecified atom stereocenters. The summed E-state index contributed by atoms with van der Waals surface area (Å²) in [5.41, 5.74) is 2.71. The Balaban J connectivity index is 1.70. The largest absolute Gasteiger partial charge is 0.490 e. The number of hydrogen-bond acceptors (Lipinski definition) is 2. The highest BCUT2D eigenvalue weighted by molar-refractivity contribution is 5.28. The first-order chi connectivity index (χ1) is 11.5. The van der Waals surface area contributed by atoms with Gasteiger partial charge in [-0.3, -0.25) is 0 Å². The molecule has 0 atom stereocenters. The number of rotatable bonds is 9. The molecule has 0 amide bonds. The highest BCUT2D eigenvalue weighted by Gasteiger charge is 2.01. The predicted molar refractivity (Wildman–Crippen MR) is 101 cm³/mol.